The van der Waals surface area contributed by atoms with Crippen molar-refractivity contribution >= 4 is 30.6 Å². The molecule has 0 unspecified atom stereocenters. The highest BCUT2D eigenvalue weighted by molar-refractivity contribution is 7.59. The van der Waals surface area contributed by atoms with Gasteiger partial charge in [-0.2, -0.15) is 28.8 Å². The number of nitro groups is 2. The molecular formula is C14H17F6N9O4S. The minimum Gasteiger partial charge on any atom is -0.396 e. The van der Waals surface area contributed by atoms with Crippen molar-refractivity contribution in [3.8, 4) is 0 Å². The SMILES string of the molecule is Cn1cc(N)c(C(F)F)n1.Cn1cc([N+](=O)[O-])c(C(F)F)n1.O=[N+]([O-])c1cn[nH]c1C(F)F.S. The van der Waals surface area contributed by atoms with E-state index in [1.54, 1.807) is 7.05 Å². The Kier molecular flexibility index (Phi) is 11.5. The Hall–Kier alpha value is -3.84. The van der Waals surface area contributed by atoms with Crippen LogP contribution in [0.25, 0.3) is 0 Å². The van der Waals surface area contributed by atoms with Gasteiger partial charge in [-0.1, -0.05) is 0 Å². The highest BCUT2D eigenvalue weighted by atomic mass is 32.1. The van der Waals surface area contributed by atoms with E-state index in [0.29, 0.717) is 0 Å². The Bertz CT molecular complexity index is 1090. The number of aryl methyl sites for hydroxylation is 2. The van der Waals surface area contributed by atoms with Gasteiger partial charge in [0.15, 0.2) is 11.4 Å². The summed E-state index contributed by atoms with van der Waals surface area (Å²) in [6, 6.07) is 0. The second kappa shape index (κ2) is 13.0. The Balaban J connectivity index is 0.000000475. The fourth-order valence-electron chi connectivity index (χ4n) is 2.08. The number of aromatic amines is 1. The molecule has 3 aromatic heterocycles. The number of nitrogens with zero attached hydrogens (tertiary/aromatic N) is 7. The van der Waals surface area contributed by atoms with Gasteiger partial charge in [0.25, 0.3) is 19.3 Å². The third-order valence-electron chi connectivity index (χ3n) is 3.40. The number of nitrogens with one attached hydrogen (secondary N) is 1. The molecular weight excluding hydrogens is 504 g/mol. The van der Waals surface area contributed by atoms with Gasteiger partial charge >= 0.3 is 11.4 Å². The van der Waals surface area contributed by atoms with Crippen LogP contribution in [-0.4, -0.2) is 39.6 Å². The molecule has 0 aromatic carbocycles. The van der Waals surface area contributed by atoms with Gasteiger partial charge in [-0.3, -0.25) is 34.7 Å². The van der Waals surface area contributed by atoms with Crippen LogP contribution in [0.3, 0.4) is 0 Å². The second-order valence-corrected chi connectivity index (χ2v) is 5.80. The second-order valence-electron chi connectivity index (χ2n) is 5.80. The summed E-state index contributed by atoms with van der Waals surface area (Å²) in [5, 5.41) is 31.8. The zero-order valence-corrected chi connectivity index (χ0v) is 18.1. The van der Waals surface area contributed by atoms with E-state index in [9.17, 15) is 46.6 Å². The van der Waals surface area contributed by atoms with E-state index in [2.05, 4.69) is 15.3 Å². The molecule has 3 heterocycles. The van der Waals surface area contributed by atoms with Crippen molar-refractivity contribution in [2.45, 2.75) is 19.3 Å². The van der Waals surface area contributed by atoms with Gasteiger partial charge in [0, 0.05) is 20.3 Å². The molecule has 0 spiro atoms. The summed E-state index contributed by atoms with van der Waals surface area (Å²) < 4.78 is 73.8. The minimum absolute atomic E-state index is 0. The van der Waals surface area contributed by atoms with Crippen molar-refractivity contribution in [3.63, 3.8) is 0 Å². The maximum absolute atomic E-state index is 12.0. The van der Waals surface area contributed by atoms with Gasteiger partial charge in [-0.05, 0) is 0 Å². The van der Waals surface area contributed by atoms with Crippen molar-refractivity contribution in [3.05, 3.63) is 55.9 Å². The number of halogens is 6. The number of alkyl halides is 6. The average molecular weight is 521 g/mol. The van der Waals surface area contributed by atoms with E-state index in [0.717, 1.165) is 17.1 Å². The number of hydrogen-bond acceptors (Lipinski definition) is 8. The quantitative estimate of drug-likeness (QED) is 0.291. The monoisotopic (exact) mass is 521 g/mol. The summed E-state index contributed by atoms with van der Waals surface area (Å²) in [5.74, 6) is 0. The van der Waals surface area contributed by atoms with E-state index < -0.39 is 51.9 Å². The molecule has 3 rings (SSSR count). The molecule has 0 saturated heterocycles. The molecule has 0 fully saturated rings. The molecule has 0 radical (unpaired) electrons. The Labute approximate surface area is 192 Å². The Morgan fingerprint density at radius 2 is 1.35 bits per heavy atom. The lowest BCUT2D eigenvalue weighted by molar-refractivity contribution is -0.386. The topological polar surface area (TPSA) is 177 Å². The van der Waals surface area contributed by atoms with Gasteiger partial charge in [0.2, 0.25) is 5.69 Å². The minimum atomic E-state index is -2.91. The first-order chi connectivity index (χ1) is 15.3. The average Bonchev–Trinajstić information content (AvgIpc) is 3.40. The summed E-state index contributed by atoms with van der Waals surface area (Å²) >= 11 is 0. The molecule has 0 aliphatic carbocycles. The van der Waals surface area contributed by atoms with Gasteiger partial charge < -0.3 is 5.73 Å². The van der Waals surface area contributed by atoms with E-state index >= 15 is 0 Å². The van der Waals surface area contributed by atoms with Crippen LogP contribution >= 0.6 is 13.5 Å². The third-order valence-corrected chi connectivity index (χ3v) is 3.40. The molecule has 0 saturated carbocycles. The zero-order chi connectivity index (χ0) is 25.5. The molecule has 3 N–H and O–H groups in total. The van der Waals surface area contributed by atoms with Crippen LogP contribution in [0.2, 0.25) is 0 Å². The van der Waals surface area contributed by atoms with Gasteiger partial charge in [0.05, 0.1) is 15.5 Å². The predicted molar refractivity (Wildman–Crippen MR) is 108 cm³/mol. The first-order valence-electron chi connectivity index (χ1n) is 8.25. The van der Waals surface area contributed by atoms with E-state index in [1.807, 2.05) is 5.10 Å². The predicted octanol–water partition coefficient (Wildman–Crippen LogP) is 3.57. The normalized spacial score (nSPS) is 10.3. The number of H-pyrrole nitrogens is 1. The van der Waals surface area contributed by atoms with Crippen molar-refractivity contribution in [2.24, 2.45) is 14.1 Å². The summed E-state index contributed by atoms with van der Waals surface area (Å²) in [6.45, 7) is 0. The molecule has 0 bridgehead atoms. The number of hydrogen-bond donors (Lipinski definition) is 2. The molecule has 13 nitrogen and oxygen atoms in total. The fraction of sp³-hybridized carbons (Fsp3) is 0.357. The molecule has 20 heteroatoms. The molecule has 0 aliphatic heterocycles. The van der Waals surface area contributed by atoms with Gasteiger partial charge in [0.1, 0.15) is 12.4 Å². The molecule has 34 heavy (non-hydrogen) atoms. The summed E-state index contributed by atoms with van der Waals surface area (Å²) in [4.78, 5) is 18.4. The third kappa shape index (κ3) is 8.26. The number of nitrogens with two attached hydrogens (primary N) is 1. The Morgan fingerprint density at radius 1 is 0.882 bits per heavy atom. The van der Waals surface area contributed by atoms with Crippen LogP contribution in [0.15, 0.2) is 18.6 Å². The van der Waals surface area contributed by atoms with Crippen molar-refractivity contribution in [1.82, 2.24) is 29.8 Å². The summed E-state index contributed by atoms with van der Waals surface area (Å²) in [7, 11) is 2.89. The van der Waals surface area contributed by atoms with Crippen LogP contribution in [0.1, 0.15) is 36.4 Å². The number of aromatic nitrogens is 6. The highest BCUT2D eigenvalue weighted by Gasteiger charge is 2.25. The van der Waals surface area contributed by atoms with Crippen molar-refractivity contribution in [2.75, 3.05) is 5.73 Å². The molecule has 0 aliphatic rings. The van der Waals surface area contributed by atoms with Crippen LogP contribution in [0, 0.1) is 20.2 Å². The molecule has 0 amide bonds. The maximum Gasteiger partial charge on any atom is 0.316 e. The first-order valence-corrected chi connectivity index (χ1v) is 8.25. The molecule has 0 atom stereocenters. The fourth-order valence-corrected chi connectivity index (χ4v) is 2.08. The van der Waals surface area contributed by atoms with E-state index in [1.165, 1.54) is 17.9 Å². The van der Waals surface area contributed by atoms with Crippen molar-refractivity contribution < 1.29 is 36.2 Å². The van der Waals surface area contributed by atoms with Crippen molar-refractivity contribution in [1.29, 1.82) is 0 Å². The highest BCUT2D eigenvalue weighted by Crippen LogP contribution is 2.27. The first kappa shape index (κ1) is 30.2. The van der Waals surface area contributed by atoms with Crippen LogP contribution < -0.4 is 5.73 Å². The van der Waals surface area contributed by atoms with E-state index in [-0.39, 0.29) is 24.9 Å². The number of anilines is 1. The largest absolute Gasteiger partial charge is 0.396 e. The molecule has 190 valence electrons. The van der Waals surface area contributed by atoms with Gasteiger partial charge in [-0.15, -0.1) is 0 Å². The van der Waals surface area contributed by atoms with Crippen LogP contribution in [-0.2, 0) is 14.1 Å². The maximum atomic E-state index is 12.0. The Morgan fingerprint density at radius 3 is 1.65 bits per heavy atom. The lowest BCUT2D eigenvalue weighted by Gasteiger charge is -1.91. The smallest absolute Gasteiger partial charge is 0.316 e. The zero-order valence-electron chi connectivity index (χ0n) is 17.1. The standard InChI is InChI=1S/C5H5F2N3O2.C5H7F2N3.C4H3F2N3O2.H2S/c1-9-2-3(10(11)12)4(8-9)5(6)7;1-10-2-3(8)4(9-10)5(6)7;5-4(6)3-2(9(10)11)1-7-8-3;/h2,5H,1H3;2,5H,8H2,1H3;1,4H,(H,7,8);1H2. The van der Waals surface area contributed by atoms with Crippen LogP contribution in [0.4, 0.5) is 43.4 Å². The number of nitrogen functional groups attached to an aromatic ring is 1. The van der Waals surface area contributed by atoms with E-state index in [4.69, 9.17) is 5.73 Å². The lowest BCUT2D eigenvalue weighted by atomic mass is 10.4. The van der Waals surface area contributed by atoms with Gasteiger partial charge in [-0.25, -0.2) is 26.3 Å². The number of rotatable bonds is 5. The summed E-state index contributed by atoms with van der Waals surface area (Å²) in [6.07, 6.45) is -5.34. The van der Waals surface area contributed by atoms with Crippen LogP contribution in [0.5, 0.6) is 0 Å². The summed E-state index contributed by atoms with van der Waals surface area (Å²) in [5.41, 5.74) is 2.00. The molecule has 3 aromatic rings. The lowest BCUT2D eigenvalue weighted by Crippen LogP contribution is -1.93.